The molecule has 0 aromatic heterocycles. The smallest absolute Gasteiger partial charge is 0.278 e. The molecule has 0 aliphatic carbocycles. The molecule has 2 aliphatic heterocycles. The monoisotopic (exact) mass is 438 g/mol. The summed E-state index contributed by atoms with van der Waals surface area (Å²) in [4.78, 5) is 30.3. The number of carbonyl (C=O) groups is 2. The summed E-state index contributed by atoms with van der Waals surface area (Å²) in [5, 5.41) is 0. The molecular formula is C25H27FN2O4. The van der Waals surface area contributed by atoms with E-state index in [0.29, 0.717) is 39.8 Å². The lowest BCUT2D eigenvalue weighted by atomic mass is 9.97. The number of nitrogens with zero attached hydrogens (tertiary/aromatic N) is 2. The molecule has 1 fully saturated rings. The van der Waals surface area contributed by atoms with E-state index in [1.165, 1.54) is 24.1 Å². The van der Waals surface area contributed by atoms with Crippen LogP contribution in [0.2, 0.25) is 0 Å². The highest BCUT2D eigenvalue weighted by Gasteiger charge is 2.42. The van der Waals surface area contributed by atoms with Crippen LogP contribution in [-0.2, 0) is 16.1 Å². The maximum absolute atomic E-state index is 13.5. The van der Waals surface area contributed by atoms with Gasteiger partial charge in [0.25, 0.3) is 11.8 Å². The number of piperidine rings is 1. The molecule has 0 spiro atoms. The molecule has 32 heavy (non-hydrogen) atoms. The number of rotatable bonds is 6. The molecule has 0 saturated carbocycles. The van der Waals surface area contributed by atoms with Crippen LogP contribution in [0, 0.1) is 11.7 Å². The fourth-order valence-corrected chi connectivity index (χ4v) is 4.26. The highest BCUT2D eigenvalue weighted by molar-refractivity contribution is 6.35. The van der Waals surface area contributed by atoms with Crippen LogP contribution in [0.1, 0.15) is 30.9 Å². The summed E-state index contributed by atoms with van der Waals surface area (Å²) in [6.45, 7) is 3.72. The molecule has 0 atom stereocenters. The van der Waals surface area contributed by atoms with E-state index in [9.17, 15) is 14.0 Å². The number of benzene rings is 2. The quantitative estimate of drug-likeness (QED) is 0.641. The third-order valence-corrected chi connectivity index (χ3v) is 6.17. The lowest BCUT2D eigenvalue weighted by Crippen LogP contribution is -2.38. The minimum Gasteiger partial charge on any atom is -0.493 e. The number of halogens is 1. The standard InChI is InChI=1S/C25H27FN2O4/c1-16-10-12-27(13-11-16)23-22(18-6-9-20(31-2)21(14-18)32-3)24(29)28(25(23)30)15-17-4-7-19(26)8-5-17/h4-9,14,16H,10-13,15H2,1-3H3. The van der Waals surface area contributed by atoms with Gasteiger partial charge in [-0.3, -0.25) is 14.5 Å². The molecule has 2 aromatic rings. The zero-order valence-corrected chi connectivity index (χ0v) is 18.6. The first-order valence-electron chi connectivity index (χ1n) is 10.7. The molecule has 2 aliphatic rings. The van der Waals surface area contributed by atoms with Gasteiger partial charge >= 0.3 is 0 Å². The normalized spacial score (nSPS) is 17.4. The highest BCUT2D eigenvalue weighted by atomic mass is 19.1. The number of hydrogen-bond acceptors (Lipinski definition) is 5. The first kappa shape index (κ1) is 21.9. The van der Waals surface area contributed by atoms with E-state index in [4.69, 9.17) is 9.47 Å². The van der Waals surface area contributed by atoms with Crippen LogP contribution in [0.3, 0.4) is 0 Å². The van der Waals surface area contributed by atoms with Gasteiger partial charge in [0, 0.05) is 13.1 Å². The summed E-state index contributed by atoms with van der Waals surface area (Å²) < 4.78 is 24.1. The maximum Gasteiger partial charge on any atom is 0.278 e. The molecule has 4 rings (SSSR count). The summed E-state index contributed by atoms with van der Waals surface area (Å²) in [5.74, 6) is 0.573. The third-order valence-electron chi connectivity index (χ3n) is 6.17. The Labute approximate surface area is 187 Å². The van der Waals surface area contributed by atoms with Gasteiger partial charge < -0.3 is 14.4 Å². The first-order chi connectivity index (χ1) is 15.4. The van der Waals surface area contributed by atoms with E-state index >= 15 is 0 Å². The predicted octanol–water partition coefficient (Wildman–Crippen LogP) is 3.85. The van der Waals surface area contributed by atoms with Crippen LogP contribution in [0.25, 0.3) is 5.57 Å². The summed E-state index contributed by atoms with van der Waals surface area (Å²) in [6.07, 6.45) is 1.92. The molecule has 2 aromatic carbocycles. The largest absolute Gasteiger partial charge is 0.493 e. The molecule has 2 heterocycles. The van der Waals surface area contributed by atoms with Gasteiger partial charge in [0.1, 0.15) is 11.5 Å². The van der Waals surface area contributed by atoms with Crippen molar-refractivity contribution in [1.82, 2.24) is 9.80 Å². The van der Waals surface area contributed by atoms with Gasteiger partial charge in [-0.25, -0.2) is 4.39 Å². The molecule has 0 radical (unpaired) electrons. The average Bonchev–Trinajstić information content (AvgIpc) is 3.05. The zero-order valence-electron chi connectivity index (χ0n) is 18.6. The van der Waals surface area contributed by atoms with Crippen molar-refractivity contribution < 1.29 is 23.5 Å². The lowest BCUT2D eigenvalue weighted by Gasteiger charge is -2.32. The van der Waals surface area contributed by atoms with Crippen molar-refractivity contribution in [3.05, 3.63) is 65.1 Å². The van der Waals surface area contributed by atoms with Gasteiger partial charge in [0.05, 0.1) is 26.3 Å². The van der Waals surface area contributed by atoms with Gasteiger partial charge in [-0.15, -0.1) is 0 Å². The Bertz CT molecular complexity index is 1060. The number of imide groups is 1. The topological polar surface area (TPSA) is 59.1 Å². The van der Waals surface area contributed by atoms with Crippen molar-refractivity contribution in [3.63, 3.8) is 0 Å². The summed E-state index contributed by atoms with van der Waals surface area (Å²) in [6, 6.07) is 11.1. The van der Waals surface area contributed by atoms with Crippen LogP contribution in [0.5, 0.6) is 11.5 Å². The predicted molar refractivity (Wildman–Crippen MR) is 118 cm³/mol. The number of carbonyl (C=O) groups excluding carboxylic acids is 2. The maximum atomic E-state index is 13.5. The van der Waals surface area contributed by atoms with Gasteiger partial charge in [-0.05, 0) is 54.2 Å². The zero-order chi connectivity index (χ0) is 22.8. The Balaban J connectivity index is 1.75. The Hall–Kier alpha value is -3.35. The van der Waals surface area contributed by atoms with E-state index in [1.54, 1.807) is 37.4 Å². The SMILES string of the molecule is COc1ccc(C2=C(N3CCC(C)CC3)C(=O)N(Cc3ccc(F)cc3)C2=O)cc1OC. The van der Waals surface area contributed by atoms with Crippen molar-refractivity contribution in [2.75, 3.05) is 27.3 Å². The average molecular weight is 438 g/mol. The van der Waals surface area contributed by atoms with Gasteiger partial charge in [-0.2, -0.15) is 0 Å². The van der Waals surface area contributed by atoms with Gasteiger partial charge in [0.15, 0.2) is 11.5 Å². The van der Waals surface area contributed by atoms with Crippen molar-refractivity contribution >= 4 is 17.4 Å². The summed E-state index contributed by atoms with van der Waals surface area (Å²) in [7, 11) is 3.08. The van der Waals surface area contributed by atoms with E-state index in [-0.39, 0.29) is 24.2 Å². The third kappa shape index (κ3) is 4.07. The molecule has 0 unspecified atom stereocenters. The van der Waals surface area contributed by atoms with Crippen LogP contribution < -0.4 is 9.47 Å². The van der Waals surface area contributed by atoms with Crippen LogP contribution in [0.4, 0.5) is 4.39 Å². The molecule has 1 saturated heterocycles. The fraction of sp³-hybridized carbons (Fsp3) is 0.360. The molecule has 0 N–H and O–H groups in total. The van der Waals surface area contributed by atoms with Crippen LogP contribution >= 0.6 is 0 Å². The van der Waals surface area contributed by atoms with Gasteiger partial charge in [-0.1, -0.05) is 25.1 Å². The lowest BCUT2D eigenvalue weighted by molar-refractivity contribution is -0.138. The molecule has 0 bridgehead atoms. The van der Waals surface area contributed by atoms with E-state index < -0.39 is 0 Å². The minimum atomic E-state index is -0.361. The number of hydrogen-bond donors (Lipinski definition) is 0. The minimum absolute atomic E-state index is 0.0858. The second-order valence-electron chi connectivity index (χ2n) is 8.29. The van der Waals surface area contributed by atoms with E-state index in [0.717, 1.165) is 25.9 Å². The Kier molecular flexibility index (Phi) is 6.17. The van der Waals surface area contributed by atoms with Crippen molar-refractivity contribution in [2.24, 2.45) is 5.92 Å². The fourth-order valence-electron chi connectivity index (χ4n) is 4.26. The van der Waals surface area contributed by atoms with E-state index in [2.05, 4.69) is 6.92 Å². The van der Waals surface area contributed by atoms with Gasteiger partial charge in [0.2, 0.25) is 0 Å². The first-order valence-corrected chi connectivity index (χ1v) is 10.7. The Morgan fingerprint density at radius 2 is 1.59 bits per heavy atom. The molecule has 7 heteroatoms. The van der Waals surface area contributed by atoms with Crippen molar-refractivity contribution in [1.29, 1.82) is 0 Å². The number of likely N-dealkylation sites (tertiary alicyclic amines) is 1. The molecule has 2 amide bonds. The molecule has 168 valence electrons. The Morgan fingerprint density at radius 1 is 0.938 bits per heavy atom. The van der Waals surface area contributed by atoms with Crippen LogP contribution in [0.15, 0.2) is 48.2 Å². The van der Waals surface area contributed by atoms with E-state index in [1.807, 2.05) is 4.90 Å². The van der Waals surface area contributed by atoms with Crippen LogP contribution in [-0.4, -0.2) is 48.9 Å². The summed E-state index contributed by atoms with van der Waals surface area (Å²) in [5.41, 5.74) is 2.09. The highest BCUT2D eigenvalue weighted by Crippen LogP contribution is 2.38. The Morgan fingerprint density at radius 3 is 2.22 bits per heavy atom. The number of ether oxygens (including phenoxy) is 2. The van der Waals surface area contributed by atoms with Crippen molar-refractivity contribution in [2.45, 2.75) is 26.3 Å². The molecular weight excluding hydrogens is 411 g/mol. The van der Waals surface area contributed by atoms with Crippen molar-refractivity contribution in [3.8, 4) is 11.5 Å². The second kappa shape index (κ2) is 9.02. The molecule has 6 nitrogen and oxygen atoms in total. The summed E-state index contributed by atoms with van der Waals surface area (Å²) >= 11 is 0. The number of methoxy groups -OCH3 is 2. The second-order valence-corrected chi connectivity index (χ2v) is 8.29. The number of amides is 2.